The van der Waals surface area contributed by atoms with Gasteiger partial charge in [0, 0.05) is 43.4 Å². The largest absolute Gasteiger partial charge is 0.364 e. The summed E-state index contributed by atoms with van der Waals surface area (Å²) in [5.41, 5.74) is 6.33. The number of aryl methyl sites for hydroxylation is 1. The predicted molar refractivity (Wildman–Crippen MR) is 113 cm³/mol. The standard InChI is InChI=1S/C20H18N6S/c1-26-10-7-17-18(26)20(22-12-14-5-8-21-9-6-14)25-19(24-17)15-3-2-4-16(11-15)23-13-27/h2-11,13H,12H2,1H3,(H,23,27)(H,22,24,25). The van der Waals surface area contributed by atoms with E-state index in [4.69, 9.17) is 22.2 Å². The van der Waals surface area contributed by atoms with Crippen LogP contribution in [0.5, 0.6) is 0 Å². The first kappa shape index (κ1) is 17.1. The van der Waals surface area contributed by atoms with Gasteiger partial charge in [0.25, 0.3) is 0 Å². The number of pyridine rings is 1. The van der Waals surface area contributed by atoms with Gasteiger partial charge in [0.05, 0.1) is 11.0 Å². The normalized spacial score (nSPS) is 10.7. The van der Waals surface area contributed by atoms with Crippen molar-refractivity contribution < 1.29 is 0 Å². The van der Waals surface area contributed by atoms with E-state index >= 15 is 0 Å². The van der Waals surface area contributed by atoms with Crippen molar-refractivity contribution in [3.63, 3.8) is 0 Å². The summed E-state index contributed by atoms with van der Waals surface area (Å²) in [5, 5.41) is 6.47. The topological polar surface area (TPSA) is 67.7 Å². The summed E-state index contributed by atoms with van der Waals surface area (Å²) in [5.74, 6) is 1.46. The molecule has 0 fully saturated rings. The molecular formula is C20H18N6S. The van der Waals surface area contributed by atoms with Gasteiger partial charge in [0.1, 0.15) is 5.52 Å². The van der Waals surface area contributed by atoms with Crippen LogP contribution < -0.4 is 10.6 Å². The highest BCUT2D eigenvalue weighted by Gasteiger charge is 2.12. The fourth-order valence-corrected chi connectivity index (χ4v) is 3.08. The minimum Gasteiger partial charge on any atom is -0.364 e. The lowest BCUT2D eigenvalue weighted by Crippen LogP contribution is -2.05. The van der Waals surface area contributed by atoms with Crippen molar-refractivity contribution >= 4 is 40.2 Å². The van der Waals surface area contributed by atoms with Crippen molar-refractivity contribution in [3.05, 3.63) is 66.6 Å². The molecule has 4 rings (SSSR count). The highest BCUT2D eigenvalue weighted by molar-refractivity contribution is 7.79. The number of nitrogens with one attached hydrogen (secondary N) is 2. The predicted octanol–water partition coefficient (Wildman–Crippen LogP) is 4.01. The van der Waals surface area contributed by atoms with E-state index in [1.165, 1.54) is 5.49 Å². The molecule has 134 valence electrons. The van der Waals surface area contributed by atoms with E-state index in [-0.39, 0.29) is 0 Å². The maximum absolute atomic E-state index is 4.88. The number of nitrogens with zero attached hydrogens (tertiary/aromatic N) is 4. The summed E-state index contributed by atoms with van der Waals surface area (Å²) in [4.78, 5) is 13.6. The Balaban J connectivity index is 1.74. The molecule has 4 aromatic rings. The monoisotopic (exact) mass is 374 g/mol. The quantitative estimate of drug-likeness (QED) is 0.497. The Morgan fingerprint density at radius 3 is 2.78 bits per heavy atom. The average molecular weight is 374 g/mol. The lowest BCUT2D eigenvalue weighted by atomic mass is 10.2. The molecule has 6 nitrogen and oxygen atoms in total. The Kier molecular flexibility index (Phi) is 4.76. The molecule has 0 spiro atoms. The van der Waals surface area contributed by atoms with Gasteiger partial charge < -0.3 is 15.2 Å². The van der Waals surface area contributed by atoms with Gasteiger partial charge in [-0.15, -0.1) is 0 Å². The molecule has 1 aromatic carbocycles. The molecule has 0 radical (unpaired) electrons. The minimum atomic E-state index is 0.658. The molecule has 0 aliphatic rings. The van der Waals surface area contributed by atoms with Crippen LogP contribution in [0.15, 0.2) is 61.1 Å². The summed E-state index contributed by atoms with van der Waals surface area (Å²) in [6.07, 6.45) is 5.56. The summed E-state index contributed by atoms with van der Waals surface area (Å²) >= 11 is 4.88. The zero-order valence-corrected chi connectivity index (χ0v) is 15.6. The number of anilines is 2. The number of hydrogen-bond acceptors (Lipinski definition) is 5. The van der Waals surface area contributed by atoms with E-state index in [0.717, 1.165) is 33.7 Å². The van der Waals surface area contributed by atoms with Crippen LogP contribution in [-0.2, 0) is 13.6 Å². The highest BCUT2D eigenvalue weighted by atomic mass is 32.1. The third-order valence-electron chi connectivity index (χ3n) is 4.28. The van der Waals surface area contributed by atoms with Crippen LogP contribution in [0.1, 0.15) is 5.56 Å². The molecule has 0 bridgehead atoms. The zero-order chi connectivity index (χ0) is 18.6. The van der Waals surface area contributed by atoms with Gasteiger partial charge in [-0.05, 0) is 35.9 Å². The second-order valence-electron chi connectivity index (χ2n) is 6.11. The summed E-state index contributed by atoms with van der Waals surface area (Å²) in [6, 6.07) is 13.9. The molecule has 27 heavy (non-hydrogen) atoms. The maximum Gasteiger partial charge on any atom is 0.162 e. The Morgan fingerprint density at radius 1 is 1.11 bits per heavy atom. The van der Waals surface area contributed by atoms with Gasteiger partial charge in [-0.1, -0.05) is 24.4 Å². The van der Waals surface area contributed by atoms with Crippen molar-refractivity contribution in [3.8, 4) is 11.4 Å². The molecule has 0 amide bonds. The van der Waals surface area contributed by atoms with Crippen LogP contribution in [0.2, 0.25) is 0 Å². The van der Waals surface area contributed by atoms with Gasteiger partial charge >= 0.3 is 0 Å². The van der Waals surface area contributed by atoms with Crippen LogP contribution in [-0.4, -0.2) is 25.0 Å². The SMILES string of the molecule is Cn1ccc2nc(-c3cccc(NC=S)c3)nc(NCc3ccncc3)c21. The fourth-order valence-electron chi connectivity index (χ4n) is 2.95. The van der Waals surface area contributed by atoms with Crippen molar-refractivity contribution in [1.29, 1.82) is 0 Å². The lowest BCUT2D eigenvalue weighted by molar-refractivity contribution is 0.959. The molecule has 0 saturated carbocycles. The molecule has 7 heteroatoms. The Labute approximate surface area is 162 Å². The van der Waals surface area contributed by atoms with E-state index in [2.05, 4.69) is 15.6 Å². The Bertz CT molecular complexity index is 1090. The van der Waals surface area contributed by atoms with Crippen molar-refractivity contribution in [2.45, 2.75) is 6.54 Å². The molecule has 3 aromatic heterocycles. The number of benzene rings is 1. The Morgan fingerprint density at radius 2 is 1.96 bits per heavy atom. The third kappa shape index (κ3) is 3.63. The number of hydrogen-bond donors (Lipinski definition) is 2. The molecule has 0 saturated heterocycles. The van der Waals surface area contributed by atoms with Gasteiger partial charge in [0.15, 0.2) is 11.6 Å². The van der Waals surface area contributed by atoms with Crippen LogP contribution in [0.4, 0.5) is 11.5 Å². The first-order valence-electron chi connectivity index (χ1n) is 8.51. The van der Waals surface area contributed by atoms with E-state index in [1.54, 1.807) is 12.4 Å². The van der Waals surface area contributed by atoms with Crippen LogP contribution >= 0.6 is 12.2 Å². The summed E-state index contributed by atoms with van der Waals surface area (Å²) < 4.78 is 2.03. The minimum absolute atomic E-state index is 0.658. The van der Waals surface area contributed by atoms with Gasteiger partial charge in [-0.2, -0.15) is 0 Å². The van der Waals surface area contributed by atoms with Crippen LogP contribution in [0.3, 0.4) is 0 Å². The van der Waals surface area contributed by atoms with Gasteiger partial charge in [-0.3, -0.25) is 4.98 Å². The number of fused-ring (bicyclic) bond motifs is 1. The molecule has 0 aliphatic heterocycles. The van der Waals surface area contributed by atoms with E-state index in [1.807, 2.05) is 60.3 Å². The molecule has 0 atom stereocenters. The van der Waals surface area contributed by atoms with Crippen LogP contribution in [0, 0.1) is 0 Å². The second-order valence-corrected chi connectivity index (χ2v) is 6.34. The fraction of sp³-hybridized carbons (Fsp3) is 0.100. The first-order chi connectivity index (χ1) is 13.2. The van der Waals surface area contributed by atoms with Crippen molar-refractivity contribution in [1.82, 2.24) is 19.5 Å². The highest BCUT2D eigenvalue weighted by Crippen LogP contribution is 2.27. The molecule has 0 aliphatic carbocycles. The summed E-state index contributed by atoms with van der Waals surface area (Å²) in [7, 11) is 1.99. The molecular weight excluding hydrogens is 356 g/mol. The van der Waals surface area contributed by atoms with E-state index in [9.17, 15) is 0 Å². The Hall–Kier alpha value is -3.32. The van der Waals surface area contributed by atoms with Crippen molar-refractivity contribution in [2.24, 2.45) is 7.05 Å². The second kappa shape index (κ2) is 7.51. The van der Waals surface area contributed by atoms with E-state index < -0.39 is 0 Å². The van der Waals surface area contributed by atoms with Gasteiger partial charge in [-0.25, -0.2) is 9.97 Å². The maximum atomic E-state index is 4.88. The summed E-state index contributed by atoms with van der Waals surface area (Å²) in [6.45, 7) is 0.658. The van der Waals surface area contributed by atoms with E-state index in [0.29, 0.717) is 12.4 Å². The van der Waals surface area contributed by atoms with Crippen LogP contribution in [0.25, 0.3) is 22.4 Å². The third-order valence-corrected chi connectivity index (χ3v) is 4.39. The smallest absolute Gasteiger partial charge is 0.162 e. The average Bonchev–Trinajstić information content (AvgIpc) is 3.08. The number of thiocarbonyl (C=S) groups is 1. The molecule has 3 heterocycles. The lowest BCUT2D eigenvalue weighted by Gasteiger charge is -2.11. The van der Waals surface area contributed by atoms with Gasteiger partial charge in [0.2, 0.25) is 0 Å². The van der Waals surface area contributed by atoms with Crippen molar-refractivity contribution in [2.75, 3.05) is 10.6 Å². The molecule has 2 N–H and O–H groups in total. The number of rotatable bonds is 6. The molecule has 0 unspecified atom stereocenters. The first-order valence-corrected chi connectivity index (χ1v) is 8.98. The number of aromatic nitrogens is 4. The zero-order valence-electron chi connectivity index (χ0n) is 14.8.